The second-order valence-electron chi connectivity index (χ2n) is 5.75. The Bertz CT molecular complexity index is 503. The second-order valence-corrected chi connectivity index (χ2v) is 5.75. The van der Waals surface area contributed by atoms with Gasteiger partial charge in [-0.15, -0.1) is 0 Å². The highest BCUT2D eigenvalue weighted by molar-refractivity contribution is 5.70. The number of nitrogens with zero attached hydrogens (tertiary/aromatic N) is 1. The van der Waals surface area contributed by atoms with Crippen molar-refractivity contribution in [1.29, 1.82) is 0 Å². The molecule has 1 atom stereocenters. The van der Waals surface area contributed by atoms with Crippen molar-refractivity contribution >= 4 is 5.97 Å². The molecule has 0 radical (unpaired) electrons. The summed E-state index contributed by atoms with van der Waals surface area (Å²) in [6, 6.07) is 5.93. The molecule has 0 amide bonds. The normalized spacial score (nSPS) is 18.9. The SMILES string of the molecule is CCCOc1cc(CN2CCCC(C(=O)O)C2)ccc1OC. The molecule has 0 saturated carbocycles. The quantitative estimate of drug-likeness (QED) is 0.839. The molecule has 1 aromatic rings. The van der Waals surface area contributed by atoms with Crippen LogP contribution in [0.3, 0.4) is 0 Å². The first-order valence-electron chi connectivity index (χ1n) is 7.89. The van der Waals surface area contributed by atoms with Crippen molar-refractivity contribution in [3.05, 3.63) is 23.8 Å². The second kappa shape index (κ2) is 8.03. The maximum absolute atomic E-state index is 11.1. The van der Waals surface area contributed by atoms with Crippen LogP contribution in [0, 0.1) is 5.92 Å². The van der Waals surface area contributed by atoms with Crippen LogP contribution in [0.15, 0.2) is 18.2 Å². The number of aliphatic carboxylic acids is 1. The Balaban J connectivity index is 2.04. The molecular weight excluding hydrogens is 282 g/mol. The molecule has 0 bridgehead atoms. The number of piperidine rings is 1. The molecule has 122 valence electrons. The standard InChI is InChI=1S/C17H25NO4/c1-3-9-22-16-10-13(6-7-15(16)21-2)11-18-8-4-5-14(12-18)17(19)20/h6-7,10,14H,3-5,8-9,11-12H2,1-2H3,(H,19,20). The molecule has 1 aliphatic heterocycles. The van der Waals surface area contributed by atoms with E-state index in [1.165, 1.54) is 0 Å². The van der Waals surface area contributed by atoms with Crippen molar-refractivity contribution < 1.29 is 19.4 Å². The van der Waals surface area contributed by atoms with E-state index in [0.717, 1.165) is 49.4 Å². The number of carbonyl (C=O) groups is 1. The lowest BCUT2D eigenvalue weighted by Gasteiger charge is -2.30. The smallest absolute Gasteiger partial charge is 0.307 e. The highest BCUT2D eigenvalue weighted by Crippen LogP contribution is 2.29. The van der Waals surface area contributed by atoms with Crippen LogP contribution in [0.25, 0.3) is 0 Å². The zero-order valence-corrected chi connectivity index (χ0v) is 13.4. The summed E-state index contributed by atoms with van der Waals surface area (Å²) >= 11 is 0. The molecule has 22 heavy (non-hydrogen) atoms. The van der Waals surface area contributed by atoms with Gasteiger partial charge in [0.15, 0.2) is 11.5 Å². The van der Waals surface area contributed by atoms with E-state index in [0.29, 0.717) is 13.2 Å². The Kier molecular flexibility index (Phi) is 6.07. The molecule has 1 aromatic carbocycles. The molecule has 5 heteroatoms. The molecule has 2 rings (SSSR count). The molecule has 0 aromatic heterocycles. The summed E-state index contributed by atoms with van der Waals surface area (Å²) in [4.78, 5) is 13.3. The Labute approximate surface area is 131 Å². The topological polar surface area (TPSA) is 59.0 Å². The van der Waals surface area contributed by atoms with E-state index in [1.54, 1.807) is 7.11 Å². The fourth-order valence-corrected chi connectivity index (χ4v) is 2.80. The zero-order valence-electron chi connectivity index (χ0n) is 13.4. The van der Waals surface area contributed by atoms with Gasteiger partial charge in [0.2, 0.25) is 0 Å². The van der Waals surface area contributed by atoms with E-state index in [2.05, 4.69) is 11.8 Å². The van der Waals surface area contributed by atoms with E-state index in [9.17, 15) is 4.79 Å². The molecule has 1 unspecified atom stereocenters. The van der Waals surface area contributed by atoms with Crippen LogP contribution >= 0.6 is 0 Å². The lowest BCUT2D eigenvalue weighted by atomic mass is 9.98. The minimum atomic E-state index is -0.689. The fourth-order valence-electron chi connectivity index (χ4n) is 2.80. The van der Waals surface area contributed by atoms with Gasteiger partial charge in [-0.25, -0.2) is 0 Å². The van der Waals surface area contributed by atoms with E-state index in [4.69, 9.17) is 14.6 Å². The summed E-state index contributed by atoms with van der Waals surface area (Å²) in [6.07, 6.45) is 2.66. The first kappa shape index (κ1) is 16.6. The predicted molar refractivity (Wildman–Crippen MR) is 84.4 cm³/mol. The highest BCUT2D eigenvalue weighted by Gasteiger charge is 2.25. The largest absolute Gasteiger partial charge is 0.493 e. The minimum absolute atomic E-state index is 0.247. The van der Waals surface area contributed by atoms with Crippen LogP contribution in [0.5, 0.6) is 11.5 Å². The molecule has 1 N–H and O–H groups in total. The Morgan fingerprint density at radius 3 is 2.91 bits per heavy atom. The van der Waals surface area contributed by atoms with E-state index in [-0.39, 0.29) is 5.92 Å². The summed E-state index contributed by atoms with van der Waals surface area (Å²) in [5.74, 6) is 0.558. The summed E-state index contributed by atoms with van der Waals surface area (Å²) in [5.41, 5.74) is 1.12. The van der Waals surface area contributed by atoms with Crippen LogP contribution < -0.4 is 9.47 Å². The number of hydrogen-bond donors (Lipinski definition) is 1. The van der Waals surface area contributed by atoms with Gasteiger partial charge in [0.05, 0.1) is 19.6 Å². The zero-order chi connectivity index (χ0) is 15.9. The van der Waals surface area contributed by atoms with Gasteiger partial charge in [-0.05, 0) is 43.5 Å². The van der Waals surface area contributed by atoms with Gasteiger partial charge in [-0.2, -0.15) is 0 Å². The number of methoxy groups -OCH3 is 1. The van der Waals surface area contributed by atoms with Crippen LogP contribution in [-0.2, 0) is 11.3 Å². The number of benzene rings is 1. The third-order valence-electron chi connectivity index (χ3n) is 3.95. The van der Waals surface area contributed by atoms with Crippen LogP contribution in [0.4, 0.5) is 0 Å². The molecule has 1 fully saturated rings. The maximum Gasteiger partial charge on any atom is 0.307 e. The lowest BCUT2D eigenvalue weighted by Crippen LogP contribution is -2.38. The molecular formula is C17H25NO4. The van der Waals surface area contributed by atoms with Crippen molar-refractivity contribution in [1.82, 2.24) is 4.90 Å². The number of rotatable bonds is 7. The molecule has 0 aliphatic carbocycles. The molecule has 1 saturated heterocycles. The first-order valence-corrected chi connectivity index (χ1v) is 7.89. The predicted octanol–water partition coefficient (Wildman–Crippen LogP) is 2.78. The van der Waals surface area contributed by atoms with Crippen LogP contribution in [-0.4, -0.2) is 42.8 Å². The fraction of sp³-hybridized carbons (Fsp3) is 0.588. The van der Waals surface area contributed by atoms with Gasteiger partial charge in [0, 0.05) is 13.1 Å². The van der Waals surface area contributed by atoms with Gasteiger partial charge < -0.3 is 14.6 Å². The summed E-state index contributed by atoms with van der Waals surface area (Å²) in [7, 11) is 1.63. The van der Waals surface area contributed by atoms with Crippen molar-refractivity contribution in [2.45, 2.75) is 32.7 Å². The Morgan fingerprint density at radius 2 is 2.23 bits per heavy atom. The van der Waals surface area contributed by atoms with Gasteiger partial charge in [-0.3, -0.25) is 9.69 Å². The molecule has 1 aliphatic rings. The van der Waals surface area contributed by atoms with Gasteiger partial charge in [0.1, 0.15) is 0 Å². The van der Waals surface area contributed by atoms with Crippen LogP contribution in [0.2, 0.25) is 0 Å². The van der Waals surface area contributed by atoms with E-state index >= 15 is 0 Å². The first-order chi connectivity index (χ1) is 10.6. The number of likely N-dealkylation sites (tertiary alicyclic amines) is 1. The molecule has 1 heterocycles. The molecule has 5 nitrogen and oxygen atoms in total. The lowest BCUT2D eigenvalue weighted by molar-refractivity contribution is -0.143. The highest BCUT2D eigenvalue weighted by atomic mass is 16.5. The summed E-state index contributed by atoms with van der Waals surface area (Å²) in [5, 5.41) is 9.17. The van der Waals surface area contributed by atoms with Crippen molar-refractivity contribution in [3.63, 3.8) is 0 Å². The van der Waals surface area contributed by atoms with Crippen molar-refractivity contribution in [3.8, 4) is 11.5 Å². The number of carboxylic acid groups (broad SMARTS) is 1. The van der Waals surface area contributed by atoms with E-state index in [1.807, 2.05) is 18.2 Å². The Hall–Kier alpha value is -1.75. The monoisotopic (exact) mass is 307 g/mol. The average Bonchev–Trinajstić information content (AvgIpc) is 2.53. The minimum Gasteiger partial charge on any atom is -0.493 e. The average molecular weight is 307 g/mol. The number of ether oxygens (including phenoxy) is 2. The Morgan fingerprint density at radius 1 is 1.41 bits per heavy atom. The maximum atomic E-state index is 11.1. The molecule has 0 spiro atoms. The van der Waals surface area contributed by atoms with Crippen molar-refractivity contribution in [2.24, 2.45) is 5.92 Å². The number of carboxylic acids is 1. The van der Waals surface area contributed by atoms with Crippen molar-refractivity contribution in [2.75, 3.05) is 26.8 Å². The summed E-state index contributed by atoms with van der Waals surface area (Å²) < 4.78 is 11.0. The third-order valence-corrected chi connectivity index (χ3v) is 3.95. The number of hydrogen-bond acceptors (Lipinski definition) is 4. The van der Waals surface area contributed by atoms with Crippen LogP contribution in [0.1, 0.15) is 31.7 Å². The third kappa shape index (κ3) is 4.37. The summed E-state index contributed by atoms with van der Waals surface area (Å²) in [6.45, 7) is 5.03. The van der Waals surface area contributed by atoms with Gasteiger partial charge >= 0.3 is 5.97 Å². The van der Waals surface area contributed by atoms with Gasteiger partial charge in [0.25, 0.3) is 0 Å². The van der Waals surface area contributed by atoms with E-state index < -0.39 is 5.97 Å². The van der Waals surface area contributed by atoms with Gasteiger partial charge in [-0.1, -0.05) is 13.0 Å².